The maximum atomic E-state index is 12.9. The number of rotatable bonds is 11. The molecule has 0 spiro atoms. The summed E-state index contributed by atoms with van der Waals surface area (Å²) in [6.07, 6.45) is 2.30. The first kappa shape index (κ1) is 21.8. The van der Waals surface area contributed by atoms with Gasteiger partial charge in [-0.1, -0.05) is 36.4 Å². The van der Waals surface area contributed by atoms with Gasteiger partial charge >= 0.3 is 0 Å². The Labute approximate surface area is 166 Å². The molecule has 28 heavy (non-hydrogen) atoms. The van der Waals surface area contributed by atoms with E-state index in [4.69, 9.17) is 4.74 Å². The van der Waals surface area contributed by atoms with Gasteiger partial charge in [-0.3, -0.25) is 4.79 Å². The van der Waals surface area contributed by atoms with Crippen molar-refractivity contribution in [1.82, 2.24) is 9.62 Å². The summed E-state index contributed by atoms with van der Waals surface area (Å²) in [4.78, 5) is 12.4. The van der Waals surface area contributed by atoms with E-state index in [-0.39, 0.29) is 23.9 Å². The molecule has 0 saturated carbocycles. The summed E-state index contributed by atoms with van der Waals surface area (Å²) in [7, 11) is -2.02. The first-order valence-electron chi connectivity index (χ1n) is 9.01. The minimum Gasteiger partial charge on any atom is -0.385 e. The van der Waals surface area contributed by atoms with Crippen molar-refractivity contribution in [2.45, 2.75) is 17.9 Å². The number of carbonyl (C=O) groups excluding carboxylic acids is 1. The van der Waals surface area contributed by atoms with Gasteiger partial charge < -0.3 is 10.1 Å². The molecule has 0 heterocycles. The fourth-order valence-corrected chi connectivity index (χ4v) is 4.04. The number of sulfonamides is 1. The molecule has 150 valence electrons. The largest absolute Gasteiger partial charge is 0.385 e. The summed E-state index contributed by atoms with van der Waals surface area (Å²) in [5.74, 6) is -0.164. The predicted octanol–water partition coefficient (Wildman–Crippen LogP) is 2.83. The maximum absolute atomic E-state index is 12.9. The third-order valence-electron chi connectivity index (χ3n) is 4.10. The number of hydrogen-bond donors (Lipinski definition) is 1. The first-order chi connectivity index (χ1) is 13.5. The van der Waals surface area contributed by atoms with Crippen molar-refractivity contribution in [3.05, 3.63) is 78.4 Å². The zero-order valence-electron chi connectivity index (χ0n) is 16.0. The van der Waals surface area contributed by atoms with Crippen LogP contribution in [0.2, 0.25) is 0 Å². The number of amides is 1. The topological polar surface area (TPSA) is 75.7 Å². The van der Waals surface area contributed by atoms with E-state index in [9.17, 15) is 13.2 Å². The van der Waals surface area contributed by atoms with Crippen LogP contribution < -0.4 is 5.32 Å². The van der Waals surface area contributed by atoms with Crippen LogP contribution in [-0.2, 0) is 21.3 Å². The van der Waals surface area contributed by atoms with Gasteiger partial charge in [0.2, 0.25) is 10.0 Å². The van der Waals surface area contributed by atoms with Gasteiger partial charge in [-0.15, -0.1) is 6.58 Å². The average Bonchev–Trinajstić information content (AvgIpc) is 2.72. The summed E-state index contributed by atoms with van der Waals surface area (Å²) in [5, 5.41) is 2.82. The second-order valence-electron chi connectivity index (χ2n) is 6.20. The molecule has 0 saturated heterocycles. The van der Waals surface area contributed by atoms with E-state index in [0.29, 0.717) is 18.7 Å². The Balaban J connectivity index is 2.07. The first-order valence-corrected chi connectivity index (χ1v) is 10.4. The van der Waals surface area contributed by atoms with Crippen LogP contribution in [0.15, 0.2) is 72.1 Å². The second kappa shape index (κ2) is 10.8. The Hall–Kier alpha value is -2.48. The van der Waals surface area contributed by atoms with E-state index >= 15 is 0 Å². The van der Waals surface area contributed by atoms with Crippen molar-refractivity contribution in [3.63, 3.8) is 0 Å². The van der Waals surface area contributed by atoms with E-state index in [0.717, 1.165) is 12.0 Å². The molecule has 6 nitrogen and oxygen atoms in total. The monoisotopic (exact) mass is 402 g/mol. The van der Waals surface area contributed by atoms with E-state index in [1.165, 1.54) is 4.31 Å². The van der Waals surface area contributed by atoms with Gasteiger partial charge in [-0.05, 0) is 36.2 Å². The van der Waals surface area contributed by atoms with Crippen molar-refractivity contribution in [3.8, 4) is 0 Å². The molecular formula is C21H26N2O4S. The number of nitrogens with one attached hydrogen (secondary N) is 1. The minimum absolute atomic E-state index is 0.164. The lowest BCUT2D eigenvalue weighted by atomic mass is 10.1. The molecule has 0 radical (unpaired) electrons. The SMILES string of the molecule is C=CCN(Cc1ccc(C(=O)NCCCOC)cc1)S(=O)(=O)c1ccccc1. The fraction of sp³-hybridized carbons (Fsp3) is 0.286. The van der Waals surface area contributed by atoms with Crippen LogP contribution in [0.1, 0.15) is 22.3 Å². The number of carbonyl (C=O) groups is 1. The van der Waals surface area contributed by atoms with Crippen LogP contribution >= 0.6 is 0 Å². The predicted molar refractivity (Wildman–Crippen MR) is 110 cm³/mol. The summed E-state index contributed by atoms with van der Waals surface area (Å²) in [6.45, 7) is 5.18. The lowest BCUT2D eigenvalue weighted by Crippen LogP contribution is -2.31. The fourth-order valence-electron chi connectivity index (χ4n) is 2.62. The van der Waals surface area contributed by atoms with E-state index in [1.807, 2.05) is 0 Å². The zero-order valence-corrected chi connectivity index (χ0v) is 16.8. The summed E-state index contributed by atoms with van der Waals surface area (Å²) in [6, 6.07) is 15.2. The Bertz CT molecular complexity index is 865. The Morgan fingerprint density at radius 2 is 1.82 bits per heavy atom. The highest BCUT2D eigenvalue weighted by Gasteiger charge is 2.23. The molecule has 7 heteroatoms. The molecule has 0 unspecified atom stereocenters. The van der Waals surface area contributed by atoms with E-state index in [1.54, 1.807) is 67.8 Å². The van der Waals surface area contributed by atoms with Crippen LogP contribution in [0.5, 0.6) is 0 Å². The number of methoxy groups -OCH3 is 1. The number of hydrogen-bond acceptors (Lipinski definition) is 4. The highest BCUT2D eigenvalue weighted by Crippen LogP contribution is 2.18. The molecule has 0 aliphatic heterocycles. The molecule has 0 fully saturated rings. The summed E-state index contributed by atoms with van der Waals surface area (Å²) in [5.41, 5.74) is 1.32. The molecule has 2 rings (SSSR count). The van der Waals surface area contributed by atoms with Crippen molar-refractivity contribution >= 4 is 15.9 Å². The number of benzene rings is 2. The van der Waals surface area contributed by atoms with Crippen molar-refractivity contribution in [2.75, 3.05) is 26.8 Å². The molecule has 0 aliphatic rings. The molecule has 0 aromatic heterocycles. The quantitative estimate of drug-likeness (QED) is 0.463. The Morgan fingerprint density at radius 3 is 2.43 bits per heavy atom. The van der Waals surface area contributed by atoms with Crippen LogP contribution in [0.4, 0.5) is 0 Å². The molecular weight excluding hydrogens is 376 g/mol. The Morgan fingerprint density at radius 1 is 1.14 bits per heavy atom. The smallest absolute Gasteiger partial charge is 0.251 e. The Kier molecular flexibility index (Phi) is 8.38. The maximum Gasteiger partial charge on any atom is 0.251 e. The minimum atomic E-state index is -3.63. The van der Waals surface area contributed by atoms with Gasteiger partial charge in [0.25, 0.3) is 5.91 Å². The van der Waals surface area contributed by atoms with Gasteiger partial charge in [0, 0.05) is 38.9 Å². The van der Waals surface area contributed by atoms with Gasteiger partial charge in [0.05, 0.1) is 4.90 Å². The van der Waals surface area contributed by atoms with Gasteiger partial charge in [0.15, 0.2) is 0 Å². The van der Waals surface area contributed by atoms with Crippen LogP contribution in [-0.4, -0.2) is 45.4 Å². The second-order valence-corrected chi connectivity index (χ2v) is 8.14. The summed E-state index contributed by atoms with van der Waals surface area (Å²) < 4.78 is 32.1. The molecule has 1 N–H and O–H groups in total. The van der Waals surface area contributed by atoms with Gasteiger partial charge in [-0.2, -0.15) is 4.31 Å². The molecule has 0 aliphatic carbocycles. The lowest BCUT2D eigenvalue weighted by Gasteiger charge is -2.21. The molecule has 2 aromatic rings. The van der Waals surface area contributed by atoms with Gasteiger partial charge in [-0.25, -0.2) is 8.42 Å². The standard InChI is InChI=1S/C21H26N2O4S/c1-3-15-23(28(25,26)20-8-5-4-6-9-20)17-18-10-12-19(13-11-18)21(24)22-14-7-16-27-2/h3-6,8-13H,1,7,14-17H2,2H3,(H,22,24). The van der Waals surface area contributed by atoms with Crippen LogP contribution in [0.25, 0.3) is 0 Å². The normalized spacial score (nSPS) is 11.4. The third kappa shape index (κ3) is 6.02. The van der Waals surface area contributed by atoms with E-state index in [2.05, 4.69) is 11.9 Å². The highest BCUT2D eigenvalue weighted by molar-refractivity contribution is 7.89. The molecule has 0 atom stereocenters. The summed E-state index contributed by atoms with van der Waals surface area (Å²) >= 11 is 0. The molecule has 1 amide bonds. The number of nitrogens with zero attached hydrogens (tertiary/aromatic N) is 1. The molecule has 0 bridgehead atoms. The number of ether oxygens (including phenoxy) is 1. The molecule has 2 aromatic carbocycles. The zero-order chi connectivity index (χ0) is 20.4. The van der Waals surface area contributed by atoms with Crippen molar-refractivity contribution in [2.24, 2.45) is 0 Å². The third-order valence-corrected chi connectivity index (χ3v) is 5.93. The van der Waals surface area contributed by atoms with Crippen LogP contribution in [0.3, 0.4) is 0 Å². The van der Waals surface area contributed by atoms with Gasteiger partial charge in [0.1, 0.15) is 0 Å². The lowest BCUT2D eigenvalue weighted by molar-refractivity contribution is 0.0948. The average molecular weight is 403 g/mol. The van der Waals surface area contributed by atoms with Crippen LogP contribution in [0, 0.1) is 0 Å². The van der Waals surface area contributed by atoms with Crippen molar-refractivity contribution in [1.29, 1.82) is 0 Å². The van der Waals surface area contributed by atoms with Crippen molar-refractivity contribution < 1.29 is 17.9 Å². The highest BCUT2D eigenvalue weighted by atomic mass is 32.2. The van der Waals surface area contributed by atoms with E-state index < -0.39 is 10.0 Å².